The maximum absolute atomic E-state index is 13.5. The summed E-state index contributed by atoms with van der Waals surface area (Å²) in [6.07, 6.45) is 10.5. The lowest BCUT2D eigenvalue weighted by Crippen LogP contribution is -2.96. The number of ether oxygens (including phenoxy) is 1. The minimum atomic E-state index is -1.46. The van der Waals surface area contributed by atoms with E-state index in [1.807, 2.05) is 48.6 Å². The minimum absolute atomic E-state index is 0.0181. The van der Waals surface area contributed by atoms with Crippen molar-refractivity contribution >= 4 is 40.2 Å². The fourth-order valence-corrected chi connectivity index (χ4v) is 6.63. The molecular weight excluding hydrogens is 739 g/mol. The molecule has 4 aromatic carbocycles. The second-order valence-electron chi connectivity index (χ2n) is 13.9. The first-order valence-electron chi connectivity index (χ1n) is 19.0. The number of fused-ring (bicyclic) bond motifs is 1. The van der Waals surface area contributed by atoms with Gasteiger partial charge in [0.2, 0.25) is 11.8 Å². The van der Waals surface area contributed by atoms with Gasteiger partial charge in [0.25, 0.3) is 11.8 Å². The Morgan fingerprint density at radius 3 is 2.24 bits per heavy atom. The van der Waals surface area contributed by atoms with Crippen LogP contribution < -0.4 is 21.6 Å². The van der Waals surface area contributed by atoms with Crippen LogP contribution in [0.4, 0.5) is 5.69 Å². The Balaban J connectivity index is 0.954. The van der Waals surface area contributed by atoms with Crippen molar-refractivity contribution in [2.24, 2.45) is 5.73 Å². The second-order valence-corrected chi connectivity index (χ2v) is 13.9. The number of nitrogens with one attached hydrogen (secondary N) is 3. The van der Waals surface area contributed by atoms with Gasteiger partial charge in [-0.2, -0.15) is 5.10 Å². The van der Waals surface area contributed by atoms with E-state index in [0.29, 0.717) is 23.2 Å². The van der Waals surface area contributed by atoms with Crippen molar-refractivity contribution in [1.29, 1.82) is 0 Å². The van der Waals surface area contributed by atoms with E-state index >= 15 is 0 Å². The first-order valence-corrected chi connectivity index (χ1v) is 19.0. The molecule has 14 nitrogen and oxygen atoms in total. The SMILES string of the molecule is NC(=O)c1ccc(-c2nn(-c3ccc(C(=O)NCCC(=O)N(CC4=CC4)Cc4ccc(C(=O)NCCOC5=CCCC=C5)cc4[NH+]([O-])[O-])cc3)c3ccccc23)cc1. The van der Waals surface area contributed by atoms with Crippen molar-refractivity contribution in [3.63, 3.8) is 0 Å². The van der Waals surface area contributed by atoms with Crippen LogP contribution in [0, 0.1) is 10.4 Å². The van der Waals surface area contributed by atoms with Crippen molar-refractivity contribution in [3.05, 3.63) is 159 Å². The maximum Gasteiger partial charge on any atom is 0.251 e. The molecule has 0 unspecified atom stereocenters. The van der Waals surface area contributed by atoms with Gasteiger partial charge in [0.1, 0.15) is 23.7 Å². The summed E-state index contributed by atoms with van der Waals surface area (Å²) in [5.41, 5.74) is 10.7. The lowest BCUT2D eigenvalue weighted by Gasteiger charge is -2.30. The highest BCUT2D eigenvalue weighted by atomic mass is 16.8. The lowest BCUT2D eigenvalue weighted by molar-refractivity contribution is -0.715. The number of nitrogens with two attached hydrogens (primary N) is 1. The fourth-order valence-electron chi connectivity index (χ4n) is 6.63. The van der Waals surface area contributed by atoms with E-state index in [1.54, 1.807) is 58.1 Å². The highest BCUT2D eigenvalue weighted by Gasteiger charge is 2.22. The Morgan fingerprint density at radius 1 is 0.828 bits per heavy atom. The molecule has 0 radical (unpaired) electrons. The summed E-state index contributed by atoms with van der Waals surface area (Å²) in [6.45, 7) is 0.845. The van der Waals surface area contributed by atoms with Crippen LogP contribution in [-0.4, -0.2) is 64.6 Å². The number of carbonyl (C=O) groups is 4. The van der Waals surface area contributed by atoms with Gasteiger partial charge in [-0.05, 0) is 79.9 Å². The van der Waals surface area contributed by atoms with Crippen molar-refractivity contribution in [3.8, 4) is 16.9 Å². The Morgan fingerprint density at radius 2 is 1.53 bits per heavy atom. The van der Waals surface area contributed by atoms with Crippen molar-refractivity contribution in [1.82, 2.24) is 25.3 Å². The van der Waals surface area contributed by atoms with E-state index in [2.05, 4.69) is 10.6 Å². The molecule has 5 N–H and O–H groups in total. The third-order valence-corrected chi connectivity index (χ3v) is 9.84. The van der Waals surface area contributed by atoms with E-state index in [4.69, 9.17) is 15.6 Å². The number of para-hydroxylation sites is 1. The summed E-state index contributed by atoms with van der Waals surface area (Å²) in [7, 11) is 0. The quantitative estimate of drug-likeness (QED) is 0.0588. The van der Waals surface area contributed by atoms with Gasteiger partial charge in [0.15, 0.2) is 0 Å². The molecule has 1 aromatic heterocycles. The summed E-state index contributed by atoms with van der Waals surface area (Å²) >= 11 is 0. The molecule has 1 heterocycles. The number of rotatable bonds is 17. The van der Waals surface area contributed by atoms with Crippen LogP contribution in [0.15, 0.2) is 127 Å². The average molecular weight is 781 g/mol. The zero-order valence-corrected chi connectivity index (χ0v) is 31.6. The second kappa shape index (κ2) is 17.9. The molecule has 0 bridgehead atoms. The Hall–Kier alpha value is -6.87. The Labute approximate surface area is 334 Å². The van der Waals surface area contributed by atoms with Crippen LogP contribution in [0.25, 0.3) is 27.8 Å². The van der Waals surface area contributed by atoms with Gasteiger partial charge >= 0.3 is 0 Å². The topological polar surface area (TPSA) is 199 Å². The molecule has 14 heteroatoms. The van der Waals surface area contributed by atoms with Gasteiger partial charge in [0.05, 0.1) is 24.3 Å². The highest BCUT2D eigenvalue weighted by Crippen LogP contribution is 2.30. The number of amides is 4. The molecular formula is C44H42N7O7-. The van der Waals surface area contributed by atoms with Crippen molar-refractivity contribution < 1.29 is 29.1 Å². The van der Waals surface area contributed by atoms with E-state index in [9.17, 15) is 29.6 Å². The molecule has 58 heavy (non-hydrogen) atoms. The standard InChI is InChI=1S/C44H42N7O7/c45-42(53)31-14-12-30(13-15-31)41-37-8-4-5-9-38(37)50(48-41)35-20-18-32(19-21-35)43(54)46-23-22-40(52)49(27-29-10-11-29)28-34-17-16-33(26-39(34)51(56)57)44(55)47-24-25-58-36-6-2-1-3-7-36/h2,4-10,12-21,26,51H,1,3,11,22-25,27-28H2,(H2,45,53)(H,46,54)(H,47,55)/q-1. The summed E-state index contributed by atoms with van der Waals surface area (Å²) < 4.78 is 7.43. The molecule has 2 aliphatic carbocycles. The Kier molecular flexibility index (Phi) is 12.2. The van der Waals surface area contributed by atoms with Gasteiger partial charge in [-0.25, -0.2) is 4.68 Å². The van der Waals surface area contributed by atoms with Crippen LogP contribution in [-0.2, 0) is 16.1 Å². The molecule has 296 valence electrons. The number of carbonyl (C=O) groups excluding carboxylic acids is 4. The van der Waals surface area contributed by atoms with Crippen LogP contribution in [0.5, 0.6) is 0 Å². The average Bonchev–Trinajstić information content (AvgIpc) is 3.99. The summed E-state index contributed by atoms with van der Waals surface area (Å²) in [5.74, 6) is -0.850. The van der Waals surface area contributed by atoms with E-state index in [1.165, 1.54) is 18.2 Å². The number of allylic oxidation sites excluding steroid dienone is 4. The third-order valence-electron chi connectivity index (χ3n) is 9.84. The van der Waals surface area contributed by atoms with Crippen LogP contribution in [0.1, 0.15) is 62.3 Å². The molecule has 0 spiro atoms. The summed E-state index contributed by atoms with van der Waals surface area (Å²) in [5, 5.41) is 34.3. The summed E-state index contributed by atoms with van der Waals surface area (Å²) in [4.78, 5) is 52.6. The molecule has 4 amide bonds. The first kappa shape index (κ1) is 39.4. The number of hydrogen-bond acceptors (Lipinski definition) is 8. The van der Waals surface area contributed by atoms with Gasteiger partial charge in [-0.3, -0.25) is 19.2 Å². The molecule has 0 saturated carbocycles. The first-order chi connectivity index (χ1) is 28.1. The Bertz CT molecular complexity index is 2430. The van der Waals surface area contributed by atoms with Crippen molar-refractivity contribution in [2.45, 2.75) is 32.2 Å². The largest absolute Gasteiger partial charge is 0.628 e. The van der Waals surface area contributed by atoms with Gasteiger partial charge in [-0.15, -0.1) is 0 Å². The predicted molar refractivity (Wildman–Crippen MR) is 219 cm³/mol. The molecule has 5 aromatic rings. The number of benzene rings is 4. The number of aromatic nitrogens is 2. The van der Waals surface area contributed by atoms with E-state index < -0.39 is 17.0 Å². The number of nitrogens with zero attached hydrogens (tertiary/aromatic N) is 3. The number of hydrogen-bond donors (Lipinski definition) is 4. The molecule has 0 fully saturated rings. The van der Waals surface area contributed by atoms with Crippen LogP contribution >= 0.6 is 0 Å². The third kappa shape index (κ3) is 9.56. The number of quaternary nitrogens is 1. The van der Waals surface area contributed by atoms with Gasteiger partial charge in [0, 0.05) is 58.8 Å². The van der Waals surface area contributed by atoms with Crippen LogP contribution in [0.3, 0.4) is 0 Å². The smallest absolute Gasteiger partial charge is 0.251 e. The molecule has 2 aliphatic rings. The minimum Gasteiger partial charge on any atom is -0.628 e. The normalized spacial score (nSPS) is 13.2. The summed E-state index contributed by atoms with van der Waals surface area (Å²) in [6, 6.07) is 25.9. The molecule has 0 atom stereocenters. The monoisotopic (exact) mass is 780 g/mol. The van der Waals surface area contributed by atoms with Crippen LogP contribution in [0.2, 0.25) is 0 Å². The zero-order valence-electron chi connectivity index (χ0n) is 31.6. The predicted octanol–water partition coefficient (Wildman–Crippen LogP) is 4.76. The molecule has 7 rings (SSSR count). The van der Waals surface area contributed by atoms with Crippen molar-refractivity contribution in [2.75, 3.05) is 26.2 Å². The fraction of sp³-hybridized carbons (Fsp3) is 0.205. The van der Waals surface area contributed by atoms with Gasteiger partial charge in [-0.1, -0.05) is 54.1 Å². The van der Waals surface area contributed by atoms with E-state index in [0.717, 1.165) is 58.4 Å². The highest BCUT2D eigenvalue weighted by molar-refractivity contribution is 5.97. The number of primary amides is 1. The van der Waals surface area contributed by atoms with Gasteiger partial charge < -0.3 is 41.6 Å². The molecule has 0 saturated heterocycles. The van der Waals surface area contributed by atoms with E-state index in [-0.39, 0.29) is 55.7 Å². The lowest BCUT2D eigenvalue weighted by atomic mass is 10.1. The maximum atomic E-state index is 13.5. The molecule has 0 aliphatic heterocycles. The zero-order chi connectivity index (χ0) is 40.6.